The van der Waals surface area contributed by atoms with Gasteiger partial charge in [0.1, 0.15) is 0 Å². The number of aryl methyl sites for hydroxylation is 1. The minimum absolute atomic E-state index is 0.364. The number of alkyl halides is 3. The number of aliphatic carboxylic acids is 1. The summed E-state index contributed by atoms with van der Waals surface area (Å²) in [5.74, 6) is -2.76. The molecule has 1 aromatic heterocycles. The number of carboxylic acid groups (broad SMARTS) is 1. The minimum atomic E-state index is -5.08. The number of hydrogen-bond donors (Lipinski definition) is 2. The molecule has 3 heterocycles. The van der Waals surface area contributed by atoms with Crippen molar-refractivity contribution in [2.75, 3.05) is 31.1 Å². The van der Waals surface area contributed by atoms with Crippen LogP contribution in [0, 0.1) is 13.8 Å². The second-order valence-electron chi connectivity index (χ2n) is 9.75. The monoisotopic (exact) mass is 511 g/mol. The molecule has 11 heteroatoms. The molecule has 36 heavy (non-hydrogen) atoms. The number of hydrogen-bond acceptors (Lipinski definition) is 6. The van der Waals surface area contributed by atoms with Gasteiger partial charge in [-0.15, -0.1) is 5.10 Å². The van der Waals surface area contributed by atoms with Crippen LogP contribution in [0.25, 0.3) is 0 Å². The number of carbonyl (C=O) groups is 1. The highest BCUT2D eigenvalue weighted by atomic mass is 19.4. The first-order valence-electron chi connectivity index (χ1n) is 12.4. The lowest BCUT2D eigenvalue weighted by Crippen LogP contribution is -2.48. The van der Waals surface area contributed by atoms with E-state index in [-0.39, 0.29) is 6.10 Å². The summed E-state index contributed by atoms with van der Waals surface area (Å²) < 4.78 is 33.8. The standard InChI is InChI=1S/C23H35N5O.C2HF3O2/c1-17-5-4-6-23(19(17)3)27-13-7-21(8-14-27)26-11-9-22(10-12-26)28-16-20(24-25-28)15-18(2)29;3-2(4,5)1(6)7/h4-6,16,18,21-22,29H,7-15H2,1-3H3;(H,6,7). The molecule has 0 spiro atoms. The van der Waals surface area contributed by atoms with Gasteiger partial charge in [0.2, 0.25) is 0 Å². The van der Waals surface area contributed by atoms with Crippen molar-refractivity contribution >= 4 is 11.7 Å². The average Bonchev–Trinajstić information content (AvgIpc) is 3.29. The number of piperidine rings is 2. The molecular weight excluding hydrogens is 475 g/mol. The first-order valence-corrected chi connectivity index (χ1v) is 12.4. The number of benzene rings is 1. The molecule has 2 aliphatic rings. The zero-order valence-corrected chi connectivity index (χ0v) is 21.1. The summed E-state index contributed by atoms with van der Waals surface area (Å²) >= 11 is 0. The Labute approximate surface area is 209 Å². The molecule has 4 rings (SSSR count). The van der Waals surface area contributed by atoms with Crippen LogP contribution in [0.4, 0.5) is 18.9 Å². The predicted octanol–water partition coefficient (Wildman–Crippen LogP) is 3.76. The Hall–Kier alpha value is -2.66. The Morgan fingerprint density at radius 3 is 2.22 bits per heavy atom. The molecule has 0 saturated carbocycles. The fourth-order valence-electron chi connectivity index (χ4n) is 4.95. The summed E-state index contributed by atoms with van der Waals surface area (Å²) in [6.07, 6.45) is 1.92. The number of halogens is 3. The van der Waals surface area contributed by atoms with E-state index in [1.54, 1.807) is 6.92 Å². The van der Waals surface area contributed by atoms with Crippen molar-refractivity contribution in [1.82, 2.24) is 19.9 Å². The molecule has 0 aliphatic carbocycles. The van der Waals surface area contributed by atoms with Gasteiger partial charge in [0.25, 0.3) is 0 Å². The summed E-state index contributed by atoms with van der Waals surface area (Å²) in [6, 6.07) is 7.82. The molecule has 200 valence electrons. The molecule has 1 unspecified atom stereocenters. The summed E-state index contributed by atoms with van der Waals surface area (Å²) in [5.41, 5.74) is 5.12. The van der Waals surface area contributed by atoms with Gasteiger partial charge >= 0.3 is 12.1 Å². The highest BCUT2D eigenvalue weighted by molar-refractivity contribution is 5.73. The molecule has 1 aromatic carbocycles. The van der Waals surface area contributed by atoms with Gasteiger partial charge in [-0.2, -0.15) is 13.2 Å². The number of rotatable bonds is 5. The minimum Gasteiger partial charge on any atom is -0.475 e. The van der Waals surface area contributed by atoms with E-state index in [1.165, 1.54) is 29.7 Å². The lowest BCUT2D eigenvalue weighted by molar-refractivity contribution is -0.192. The van der Waals surface area contributed by atoms with Crippen LogP contribution in [-0.4, -0.2) is 80.6 Å². The van der Waals surface area contributed by atoms with Crippen molar-refractivity contribution in [2.45, 2.75) is 77.2 Å². The molecule has 2 aliphatic heterocycles. The first kappa shape index (κ1) is 27.9. The lowest BCUT2D eigenvalue weighted by Gasteiger charge is -2.42. The van der Waals surface area contributed by atoms with Crippen LogP contribution < -0.4 is 4.90 Å². The van der Waals surface area contributed by atoms with Crippen LogP contribution in [0.15, 0.2) is 24.4 Å². The maximum atomic E-state index is 10.6. The Kier molecular flexibility index (Phi) is 9.35. The van der Waals surface area contributed by atoms with Crippen LogP contribution in [0.2, 0.25) is 0 Å². The van der Waals surface area contributed by atoms with Gasteiger partial charge in [0.05, 0.1) is 17.8 Å². The molecule has 2 saturated heterocycles. The molecule has 2 aromatic rings. The Bertz CT molecular complexity index is 995. The molecule has 2 fully saturated rings. The predicted molar refractivity (Wildman–Crippen MR) is 130 cm³/mol. The van der Waals surface area contributed by atoms with E-state index in [4.69, 9.17) is 9.90 Å². The van der Waals surface area contributed by atoms with Crippen LogP contribution in [0.3, 0.4) is 0 Å². The average molecular weight is 512 g/mol. The summed E-state index contributed by atoms with van der Waals surface area (Å²) in [7, 11) is 0. The number of carboxylic acids is 1. The van der Waals surface area contributed by atoms with Crippen molar-refractivity contribution in [3.05, 3.63) is 41.2 Å². The third-order valence-corrected chi connectivity index (χ3v) is 7.08. The van der Waals surface area contributed by atoms with Crippen LogP contribution in [-0.2, 0) is 11.2 Å². The van der Waals surface area contributed by atoms with E-state index < -0.39 is 12.1 Å². The molecule has 0 amide bonds. The second-order valence-corrected chi connectivity index (χ2v) is 9.75. The highest BCUT2D eigenvalue weighted by Gasteiger charge is 2.38. The third kappa shape index (κ3) is 7.42. The van der Waals surface area contributed by atoms with Gasteiger partial charge in [-0.1, -0.05) is 17.3 Å². The quantitative estimate of drug-likeness (QED) is 0.631. The van der Waals surface area contributed by atoms with E-state index in [2.05, 4.69) is 52.2 Å². The van der Waals surface area contributed by atoms with Crippen LogP contribution in [0.5, 0.6) is 0 Å². The highest BCUT2D eigenvalue weighted by Crippen LogP contribution is 2.30. The van der Waals surface area contributed by atoms with Gasteiger partial charge in [-0.3, -0.25) is 0 Å². The van der Waals surface area contributed by atoms with Gasteiger partial charge in [-0.05, 0) is 63.6 Å². The van der Waals surface area contributed by atoms with Crippen molar-refractivity contribution in [3.63, 3.8) is 0 Å². The Morgan fingerprint density at radius 2 is 1.67 bits per heavy atom. The van der Waals surface area contributed by atoms with Gasteiger partial charge in [0, 0.05) is 50.5 Å². The zero-order chi connectivity index (χ0) is 26.5. The normalized spacial score (nSPS) is 19.0. The number of aliphatic hydroxyl groups excluding tert-OH is 1. The van der Waals surface area contributed by atoms with Gasteiger partial charge < -0.3 is 20.0 Å². The second kappa shape index (κ2) is 12.1. The molecule has 0 bridgehead atoms. The smallest absolute Gasteiger partial charge is 0.475 e. The van der Waals surface area contributed by atoms with Crippen molar-refractivity contribution in [3.8, 4) is 0 Å². The number of aliphatic hydroxyl groups is 1. The maximum absolute atomic E-state index is 10.6. The summed E-state index contributed by atoms with van der Waals surface area (Å²) in [5, 5.41) is 25.2. The summed E-state index contributed by atoms with van der Waals surface area (Å²) in [4.78, 5) is 14.2. The number of nitrogens with zero attached hydrogens (tertiary/aromatic N) is 5. The zero-order valence-electron chi connectivity index (χ0n) is 21.1. The lowest BCUT2D eigenvalue weighted by atomic mass is 9.97. The molecule has 1 atom stereocenters. The topological polar surface area (TPSA) is 94.7 Å². The maximum Gasteiger partial charge on any atom is 0.490 e. The molecule has 8 nitrogen and oxygen atoms in total. The van der Waals surface area contributed by atoms with E-state index in [0.717, 1.165) is 44.7 Å². The Balaban J connectivity index is 0.000000454. The fourth-order valence-corrected chi connectivity index (χ4v) is 4.95. The van der Waals surface area contributed by atoms with Crippen LogP contribution >= 0.6 is 0 Å². The third-order valence-electron chi connectivity index (χ3n) is 7.08. The number of anilines is 1. The molecule has 0 radical (unpaired) electrons. The van der Waals surface area contributed by atoms with Gasteiger partial charge in [0.15, 0.2) is 0 Å². The number of aromatic nitrogens is 3. The van der Waals surface area contributed by atoms with E-state index >= 15 is 0 Å². The molecular formula is C25H36F3N5O3. The number of likely N-dealkylation sites (tertiary alicyclic amines) is 1. The summed E-state index contributed by atoms with van der Waals surface area (Å²) in [6.45, 7) is 10.8. The van der Waals surface area contributed by atoms with E-state index in [0.29, 0.717) is 18.5 Å². The fraction of sp³-hybridized carbons (Fsp3) is 0.640. The van der Waals surface area contributed by atoms with Crippen LogP contribution in [0.1, 0.15) is 55.5 Å². The van der Waals surface area contributed by atoms with Crippen molar-refractivity contribution in [1.29, 1.82) is 0 Å². The molecule has 2 N–H and O–H groups in total. The SMILES string of the molecule is Cc1cccc(N2CCC(N3CCC(n4cc(CC(C)O)nn4)CC3)CC2)c1C.O=C(O)C(F)(F)F. The Morgan fingerprint density at radius 1 is 1.08 bits per heavy atom. The van der Waals surface area contributed by atoms with Crippen molar-refractivity contribution in [2.24, 2.45) is 0 Å². The van der Waals surface area contributed by atoms with Crippen molar-refractivity contribution < 1.29 is 28.2 Å². The van der Waals surface area contributed by atoms with E-state index in [9.17, 15) is 18.3 Å². The largest absolute Gasteiger partial charge is 0.490 e. The van der Waals surface area contributed by atoms with Gasteiger partial charge in [-0.25, -0.2) is 9.48 Å². The van der Waals surface area contributed by atoms with E-state index in [1.807, 2.05) is 10.9 Å². The first-order chi connectivity index (χ1) is 17.0.